The molecular weight excluding hydrogens is 376 g/mol. The molecule has 0 aromatic heterocycles. The van der Waals surface area contributed by atoms with Crippen molar-refractivity contribution in [3.8, 4) is 0 Å². The molecule has 2 saturated heterocycles. The summed E-state index contributed by atoms with van der Waals surface area (Å²) in [6, 6.07) is 9.45. The zero-order valence-electron chi connectivity index (χ0n) is 18.9. The Morgan fingerprint density at radius 2 is 2.07 bits per heavy atom. The van der Waals surface area contributed by atoms with Crippen molar-refractivity contribution in [1.82, 2.24) is 15.5 Å². The number of guanidine groups is 1. The monoisotopic (exact) mass is 416 g/mol. The van der Waals surface area contributed by atoms with Gasteiger partial charge < -0.3 is 20.1 Å². The molecule has 6 heteroatoms. The molecule has 0 amide bonds. The van der Waals surface area contributed by atoms with E-state index in [9.17, 15) is 0 Å². The standard InChI is InChI=1S/C24H40N4O2/c1-20-8-5-6-13-28(20)17-23-10-4-3-9-22(23)16-27-24(25-2)26-12-7-14-29-18-21-11-15-30-19-21/h3-4,9-10,20-21H,5-8,11-19H2,1-2H3,(H2,25,26,27). The van der Waals surface area contributed by atoms with Gasteiger partial charge in [-0.25, -0.2) is 0 Å². The summed E-state index contributed by atoms with van der Waals surface area (Å²) in [5, 5.41) is 6.87. The van der Waals surface area contributed by atoms with E-state index in [0.717, 1.165) is 64.9 Å². The van der Waals surface area contributed by atoms with Gasteiger partial charge in [0.15, 0.2) is 5.96 Å². The molecule has 1 aromatic carbocycles. The number of likely N-dealkylation sites (tertiary alicyclic amines) is 1. The molecule has 168 valence electrons. The molecule has 0 aliphatic carbocycles. The van der Waals surface area contributed by atoms with Crippen LogP contribution in [0.25, 0.3) is 0 Å². The van der Waals surface area contributed by atoms with Crippen molar-refractivity contribution < 1.29 is 9.47 Å². The summed E-state index contributed by atoms with van der Waals surface area (Å²) in [5.74, 6) is 1.43. The van der Waals surface area contributed by atoms with Crippen LogP contribution >= 0.6 is 0 Å². The highest BCUT2D eigenvalue weighted by Gasteiger charge is 2.19. The van der Waals surface area contributed by atoms with Gasteiger partial charge in [0.1, 0.15) is 0 Å². The normalized spacial score (nSPS) is 22.9. The number of piperidine rings is 1. The van der Waals surface area contributed by atoms with Crippen LogP contribution in [0.4, 0.5) is 0 Å². The van der Waals surface area contributed by atoms with Gasteiger partial charge in [-0.15, -0.1) is 0 Å². The molecule has 2 aliphatic rings. The summed E-state index contributed by atoms with van der Waals surface area (Å²) in [6.07, 6.45) is 6.10. The highest BCUT2D eigenvalue weighted by molar-refractivity contribution is 5.79. The number of nitrogens with zero attached hydrogens (tertiary/aromatic N) is 2. The van der Waals surface area contributed by atoms with Gasteiger partial charge >= 0.3 is 0 Å². The van der Waals surface area contributed by atoms with Crippen LogP contribution in [0.5, 0.6) is 0 Å². The van der Waals surface area contributed by atoms with Gasteiger partial charge in [0.25, 0.3) is 0 Å². The number of nitrogens with one attached hydrogen (secondary N) is 2. The first-order valence-corrected chi connectivity index (χ1v) is 11.7. The van der Waals surface area contributed by atoms with E-state index in [0.29, 0.717) is 12.0 Å². The molecule has 0 radical (unpaired) electrons. The molecular formula is C24H40N4O2. The van der Waals surface area contributed by atoms with E-state index in [-0.39, 0.29) is 0 Å². The van der Waals surface area contributed by atoms with Gasteiger partial charge in [0.05, 0.1) is 13.2 Å². The van der Waals surface area contributed by atoms with Crippen molar-refractivity contribution in [2.24, 2.45) is 10.9 Å². The topological polar surface area (TPSA) is 58.1 Å². The number of benzene rings is 1. The Morgan fingerprint density at radius 1 is 1.20 bits per heavy atom. The molecule has 0 saturated carbocycles. The minimum Gasteiger partial charge on any atom is -0.381 e. The molecule has 2 unspecified atom stereocenters. The number of aliphatic imine (C=N–C) groups is 1. The molecule has 6 nitrogen and oxygen atoms in total. The minimum absolute atomic E-state index is 0.584. The lowest BCUT2D eigenvalue weighted by molar-refractivity contribution is 0.0888. The minimum atomic E-state index is 0.584. The SMILES string of the molecule is CN=C(NCCCOCC1CCOC1)NCc1ccccc1CN1CCCCC1C. The zero-order chi connectivity index (χ0) is 21.0. The fourth-order valence-corrected chi connectivity index (χ4v) is 4.24. The Hall–Kier alpha value is -1.63. The van der Waals surface area contributed by atoms with Gasteiger partial charge in [0, 0.05) is 51.9 Å². The van der Waals surface area contributed by atoms with Crippen molar-refractivity contribution in [1.29, 1.82) is 0 Å². The summed E-state index contributed by atoms with van der Waals surface area (Å²) in [5.41, 5.74) is 2.76. The smallest absolute Gasteiger partial charge is 0.191 e. The lowest BCUT2D eigenvalue weighted by Crippen LogP contribution is -2.39. The predicted octanol–water partition coefficient (Wildman–Crippen LogP) is 3.17. The van der Waals surface area contributed by atoms with E-state index in [4.69, 9.17) is 9.47 Å². The highest BCUT2D eigenvalue weighted by Crippen LogP contribution is 2.20. The number of hydrogen-bond acceptors (Lipinski definition) is 4. The Morgan fingerprint density at radius 3 is 2.83 bits per heavy atom. The average Bonchev–Trinajstić information content (AvgIpc) is 3.29. The van der Waals surface area contributed by atoms with E-state index in [1.807, 2.05) is 7.05 Å². The number of hydrogen-bond donors (Lipinski definition) is 2. The summed E-state index contributed by atoms with van der Waals surface area (Å²) in [4.78, 5) is 6.99. The Bertz CT molecular complexity index is 646. The largest absolute Gasteiger partial charge is 0.381 e. The fourth-order valence-electron chi connectivity index (χ4n) is 4.24. The lowest BCUT2D eigenvalue weighted by atomic mass is 10.0. The van der Waals surface area contributed by atoms with Crippen LogP contribution in [0, 0.1) is 5.92 Å². The van der Waals surface area contributed by atoms with Gasteiger partial charge in [-0.3, -0.25) is 9.89 Å². The molecule has 2 heterocycles. The first-order valence-electron chi connectivity index (χ1n) is 11.7. The molecule has 30 heavy (non-hydrogen) atoms. The third kappa shape index (κ3) is 7.56. The quantitative estimate of drug-likeness (QED) is 0.349. The molecule has 2 aliphatic heterocycles. The molecule has 3 rings (SSSR count). The number of rotatable bonds is 10. The number of ether oxygens (including phenoxy) is 2. The first kappa shape index (κ1) is 23.0. The van der Waals surface area contributed by atoms with E-state index < -0.39 is 0 Å². The molecule has 2 fully saturated rings. The maximum Gasteiger partial charge on any atom is 0.191 e. The van der Waals surface area contributed by atoms with Crippen molar-refractivity contribution >= 4 is 5.96 Å². The van der Waals surface area contributed by atoms with Gasteiger partial charge in [-0.05, 0) is 50.3 Å². The van der Waals surface area contributed by atoms with E-state index in [1.54, 1.807) is 0 Å². The highest BCUT2D eigenvalue weighted by atomic mass is 16.5. The Kier molecular flexibility index (Phi) is 9.93. The second-order valence-electron chi connectivity index (χ2n) is 8.59. The Labute approximate surface area is 182 Å². The first-order chi connectivity index (χ1) is 14.8. The molecule has 2 N–H and O–H groups in total. The average molecular weight is 417 g/mol. The second kappa shape index (κ2) is 12.9. The van der Waals surface area contributed by atoms with E-state index in [2.05, 4.69) is 51.7 Å². The van der Waals surface area contributed by atoms with Crippen LogP contribution in [-0.2, 0) is 22.6 Å². The summed E-state index contributed by atoms with van der Waals surface area (Å²) >= 11 is 0. The van der Waals surface area contributed by atoms with Crippen LogP contribution in [-0.4, -0.2) is 63.5 Å². The lowest BCUT2D eigenvalue weighted by Gasteiger charge is -2.33. The Balaban J connectivity index is 1.37. The van der Waals surface area contributed by atoms with Crippen LogP contribution in [0.15, 0.2) is 29.3 Å². The summed E-state index contributed by atoms with van der Waals surface area (Å²) < 4.78 is 11.2. The van der Waals surface area contributed by atoms with E-state index >= 15 is 0 Å². The fraction of sp³-hybridized carbons (Fsp3) is 0.708. The molecule has 1 aromatic rings. The van der Waals surface area contributed by atoms with Crippen LogP contribution in [0.2, 0.25) is 0 Å². The van der Waals surface area contributed by atoms with Crippen molar-refractivity contribution in [3.05, 3.63) is 35.4 Å². The summed E-state index contributed by atoms with van der Waals surface area (Å²) in [7, 11) is 1.83. The molecule has 0 bridgehead atoms. The zero-order valence-corrected chi connectivity index (χ0v) is 18.9. The second-order valence-corrected chi connectivity index (χ2v) is 8.59. The van der Waals surface area contributed by atoms with Crippen molar-refractivity contribution in [2.75, 3.05) is 46.6 Å². The third-order valence-electron chi connectivity index (χ3n) is 6.24. The van der Waals surface area contributed by atoms with Gasteiger partial charge in [0.2, 0.25) is 0 Å². The van der Waals surface area contributed by atoms with Crippen LogP contribution in [0.1, 0.15) is 50.2 Å². The van der Waals surface area contributed by atoms with Crippen LogP contribution < -0.4 is 10.6 Å². The van der Waals surface area contributed by atoms with Crippen molar-refractivity contribution in [2.45, 2.75) is 58.2 Å². The van der Waals surface area contributed by atoms with E-state index in [1.165, 1.54) is 36.9 Å². The maximum atomic E-state index is 5.77. The maximum absolute atomic E-state index is 5.77. The third-order valence-corrected chi connectivity index (χ3v) is 6.24. The van der Waals surface area contributed by atoms with Crippen LogP contribution in [0.3, 0.4) is 0 Å². The van der Waals surface area contributed by atoms with Crippen molar-refractivity contribution in [3.63, 3.8) is 0 Å². The van der Waals surface area contributed by atoms with Gasteiger partial charge in [-0.1, -0.05) is 30.7 Å². The molecule has 2 atom stereocenters. The predicted molar refractivity (Wildman–Crippen MR) is 123 cm³/mol. The summed E-state index contributed by atoms with van der Waals surface area (Å²) in [6.45, 7) is 9.58. The molecule has 0 spiro atoms. The van der Waals surface area contributed by atoms with Gasteiger partial charge in [-0.2, -0.15) is 0 Å².